The van der Waals surface area contributed by atoms with Crippen molar-refractivity contribution >= 4 is 6.08 Å². The van der Waals surface area contributed by atoms with E-state index < -0.39 is 0 Å². The molecule has 0 bridgehead atoms. The van der Waals surface area contributed by atoms with Gasteiger partial charge in [0, 0.05) is 11.1 Å². The molecule has 0 radical (unpaired) electrons. The fourth-order valence-corrected chi connectivity index (χ4v) is 1.82. The maximum absolute atomic E-state index is 10.2. The second kappa shape index (κ2) is 9.71. The lowest BCUT2D eigenvalue weighted by molar-refractivity contribution is 0.443. The molecule has 0 saturated carbocycles. The molecule has 0 aliphatic heterocycles. The molecule has 1 aromatic rings. The maximum atomic E-state index is 10.2. The third-order valence-corrected chi connectivity index (χ3v) is 3.03. The predicted octanol–water partition coefficient (Wildman–Crippen LogP) is 7.07. The van der Waals surface area contributed by atoms with Gasteiger partial charge in [0.1, 0.15) is 5.75 Å². The molecule has 0 aliphatic carbocycles. The van der Waals surface area contributed by atoms with E-state index in [-0.39, 0.29) is 10.8 Å². The summed E-state index contributed by atoms with van der Waals surface area (Å²) in [5.74, 6) is 0.362. The predicted molar refractivity (Wildman–Crippen MR) is 103 cm³/mol. The van der Waals surface area contributed by atoms with Crippen LogP contribution in [0.25, 0.3) is 6.08 Å². The summed E-state index contributed by atoms with van der Waals surface area (Å²) < 4.78 is 0. The Morgan fingerprint density at radius 3 is 1.64 bits per heavy atom. The van der Waals surface area contributed by atoms with Gasteiger partial charge >= 0.3 is 0 Å². The molecule has 0 heterocycles. The number of hydrogen-bond acceptors (Lipinski definition) is 1. The Morgan fingerprint density at radius 1 is 0.955 bits per heavy atom. The molecule has 0 amide bonds. The van der Waals surface area contributed by atoms with Crippen LogP contribution in [0.15, 0.2) is 18.7 Å². The van der Waals surface area contributed by atoms with Gasteiger partial charge in [0.05, 0.1) is 0 Å². The lowest BCUT2D eigenvalue weighted by Crippen LogP contribution is -2.17. The first-order valence-corrected chi connectivity index (χ1v) is 8.49. The molecule has 0 unspecified atom stereocenters. The van der Waals surface area contributed by atoms with Crippen LogP contribution in [0.4, 0.5) is 0 Å². The Bertz CT molecular complexity index is 442. The largest absolute Gasteiger partial charge is 0.507 e. The standard InChI is InChI=1S/C16H24O.C3H8.C2H6/c1-8-11-9-12(15(2,3)4)10-13(14(11)17)16(5,6)7;1-3-2;1-2/h8-10,17H,1H2,2-7H3;3H2,1-2H3;1-2H3. The zero-order valence-corrected chi connectivity index (χ0v) is 16.6. The minimum atomic E-state index is -0.0664. The van der Waals surface area contributed by atoms with E-state index in [0.717, 1.165) is 11.1 Å². The highest BCUT2D eigenvalue weighted by molar-refractivity contribution is 5.61. The first-order chi connectivity index (χ1) is 9.98. The molecule has 1 heteroatoms. The molecule has 1 nitrogen and oxygen atoms in total. The van der Waals surface area contributed by atoms with Gasteiger partial charge in [0.15, 0.2) is 0 Å². The average Bonchev–Trinajstić information content (AvgIpc) is 2.39. The molecule has 0 fully saturated rings. The SMILES string of the molecule is C=Cc1cc(C(C)(C)C)cc(C(C)(C)C)c1O.CC.CCC. The summed E-state index contributed by atoms with van der Waals surface area (Å²) in [7, 11) is 0. The second-order valence-corrected chi connectivity index (χ2v) is 7.37. The molecule has 0 spiro atoms. The summed E-state index contributed by atoms with van der Waals surface area (Å²) in [6, 6.07) is 4.14. The fourth-order valence-electron chi connectivity index (χ4n) is 1.82. The van der Waals surface area contributed by atoms with E-state index >= 15 is 0 Å². The smallest absolute Gasteiger partial charge is 0.126 e. The molecule has 1 N–H and O–H groups in total. The van der Waals surface area contributed by atoms with Gasteiger partial charge in [-0.3, -0.25) is 0 Å². The molecule has 1 aromatic carbocycles. The zero-order valence-electron chi connectivity index (χ0n) is 16.6. The minimum absolute atomic E-state index is 0.0664. The van der Waals surface area contributed by atoms with Gasteiger partial charge in [-0.1, -0.05) is 94.4 Å². The van der Waals surface area contributed by atoms with Gasteiger partial charge in [-0.25, -0.2) is 0 Å². The summed E-state index contributed by atoms with van der Waals surface area (Å²) >= 11 is 0. The van der Waals surface area contributed by atoms with E-state index in [1.165, 1.54) is 12.0 Å². The molecule has 0 saturated heterocycles. The highest BCUT2D eigenvalue weighted by Gasteiger charge is 2.23. The van der Waals surface area contributed by atoms with Gasteiger partial charge in [0.25, 0.3) is 0 Å². The van der Waals surface area contributed by atoms with E-state index in [0.29, 0.717) is 5.75 Å². The van der Waals surface area contributed by atoms with Gasteiger partial charge in [0.2, 0.25) is 0 Å². The van der Waals surface area contributed by atoms with Crippen molar-refractivity contribution in [2.75, 3.05) is 0 Å². The lowest BCUT2D eigenvalue weighted by Gasteiger charge is -2.27. The van der Waals surface area contributed by atoms with Crippen LogP contribution in [-0.2, 0) is 10.8 Å². The highest BCUT2D eigenvalue weighted by Crippen LogP contribution is 2.37. The van der Waals surface area contributed by atoms with E-state index in [2.05, 4.69) is 68.0 Å². The van der Waals surface area contributed by atoms with E-state index in [9.17, 15) is 5.11 Å². The monoisotopic (exact) mass is 306 g/mol. The van der Waals surface area contributed by atoms with Gasteiger partial charge in [-0.05, 0) is 22.5 Å². The number of rotatable bonds is 1. The first-order valence-electron chi connectivity index (χ1n) is 8.49. The Hall–Kier alpha value is -1.24. The molecule has 0 aromatic heterocycles. The van der Waals surface area contributed by atoms with Crippen molar-refractivity contribution in [3.63, 3.8) is 0 Å². The van der Waals surface area contributed by atoms with Gasteiger partial charge < -0.3 is 5.11 Å². The van der Waals surface area contributed by atoms with E-state index in [1.807, 2.05) is 19.9 Å². The van der Waals surface area contributed by atoms with Crippen molar-refractivity contribution in [2.24, 2.45) is 0 Å². The van der Waals surface area contributed by atoms with Gasteiger partial charge in [-0.15, -0.1) is 0 Å². The lowest BCUT2D eigenvalue weighted by atomic mass is 9.79. The number of phenols is 1. The summed E-state index contributed by atoms with van der Waals surface area (Å²) in [4.78, 5) is 0. The molecule has 128 valence electrons. The Morgan fingerprint density at radius 2 is 1.36 bits per heavy atom. The Labute approximate surface area is 139 Å². The van der Waals surface area contributed by atoms with E-state index in [1.54, 1.807) is 6.08 Å². The summed E-state index contributed by atoms with van der Waals surface area (Å²) in [5.41, 5.74) is 3.05. The number of benzene rings is 1. The fraction of sp³-hybridized carbons (Fsp3) is 0.619. The number of phenolic OH excluding ortho intramolecular Hbond substituents is 1. The van der Waals surface area contributed by atoms with Crippen molar-refractivity contribution in [1.82, 2.24) is 0 Å². The molecule has 0 atom stereocenters. The Balaban J connectivity index is 0. The molecular formula is C21H38O. The first kappa shape index (κ1) is 23.0. The number of aromatic hydroxyl groups is 1. The van der Waals surface area contributed by atoms with Crippen molar-refractivity contribution in [3.05, 3.63) is 35.4 Å². The van der Waals surface area contributed by atoms with Crippen LogP contribution in [-0.4, -0.2) is 5.11 Å². The quantitative estimate of drug-likeness (QED) is 0.588. The third-order valence-electron chi connectivity index (χ3n) is 3.03. The third kappa shape index (κ3) is 7.15. The zero-order chi connectivity index (χ0) is 18.1. The number of hydrogen-bond donors (Lipinski definition) is 1. The normalized spacial score (nSPS) is 10.8. The molecule has 1 rings (SSSR count). The second-order valence-electron chi connectivity index (χ2n) is 7.37. The van der Waals surface area contributed by atoms with Crippen molar-refractivity contribution in [3.8, 4) is 5.75 Å². The highest BCUT2D eigenvalue weighted by atomic mass is 16.3. The van der Waals surface area contributed by atoms with Crippen LogP contribution in [0.1, 0.15) is 92.3 Å². The molecule has 0 aliphatic rings. The average molecular weight is 307 g/mol. The van der Waals surface area contributed by atoms with Crippen LogP contribution in [0.3, 0.4) is 0 Å². The van der Waals surface area contributed by atoms with Crippen LogP contribution in [0.2, 0.25) is 0 Å². The summed E-state index contributed by atoms with van der Waals surface area (Å²) in [6.45, 7) is 24.9. The minimum Gasteiger partial charge on any atom is -0.507 e. The van der Waals surface area contributed by atoms with E-state index in [4.69, 9.17) is 0 Å². The maximum Gasteiger partial charge on any atom is 0.126 e. The molecular weight excluding hydrogens is 268 g/mol. The molecule has 22 heavy (non-hydrogen) atoms. The van der Waals surface area contributed by atoms with Gasteiger partial charge in [-0.2, -0.15) is 0 Å². The summed E-state index contributed by atoms with van der Waals surface area (Å²) in [6.07, 6.45) is 2.97. The summed E-state index contributed by atoms with van der Waals surface area (Å²) in [5, 5.41) is 10.2. The van der Waals surface area contributed by atoms with Crippen LogP contribution < -0.4 is 0 Å². The van der Waals surface area contributed by atoms with Crippen LogP contribution >= 0.6 is 0 Å². The van der Waals surface area contributed by atoms with Crippen LogP contribution in [0.5, 0.6) is 5.75 Å². The van der Waals surface area contributed by atoms with Crippen molar-refractivity contribution < 1.29 is 5.11 Å². The van der Waals surface area contributed by atoms with Crippen LogP contribution in [0, 0.1) is 0 Å². The Kier molecular flexibility index (Phi) is 10.2. The topological polar surface area (TPSA) is 20.2 Å². The van der Waals surface area contributed by atoms with Crippen molar-refractivity contribution in [1.29, 1.82) is 0 Å². The van der Waals surface area contributed by atoms with Crippen molar-refractivity contribution in [2.45, 2.75) is 86.5 Å².